The van der Waals surface area contributed by atoms with Crippen molar-refractivity contribution in [3.05, 3.63) is 48.0 Å². The molecule has 2 bridgehead atoms. The van der Waals surface area contributed by atoms with Crippen molar-refractivity contribution in [1.82, 2.24) is 19.4 Å². The molecule has 0 atom stereocenters. The molecule has 3 aromatic heterocycles. The van der Waals surface area contributed by atoms with E-state index in [1.807, 2.05) is 26.1 Å². The zero-order chi connectivity index (χ0) is 20.2. The summed E-state index contributed by atoms with van der Waals surface area (Å²) in [4.78, 5) is 26.3. The highest BCUT2D eigenvalue weighted by Gasteiger charge is 2.61. The molecule has 5 heterocycles. The molecule has 1 aliphatic carbocycles. The summed E-state index contributed by atoms with van der Waals surface area (Å²) in [7, 11) is 0. The van der Waals surface area contributed by atoms with Crippen molar-refractivity contribution in [2.75, 3.05) is 11.9 Å². The molecule has 2 saturated heterocycles. The Bertz CT molecular complexity index is 1090. The summed E-state index contributed by atoms with van der Waals surface area (Å²) in [6.45, 7) is 6.61. The minimum Gasteiger partial charge on any atom is -0.474 e. The first-order valence-electron chi connectivity index (χ1n) is 9.79. The SMILES string of the molecule is CC(C)Oc1nc2nc(C34COC(C)(C3)C4)cn2cc1C(=O)Nc1ccccn1. The number of fused-ring (bicyclic) bond motifs is 2. The lowest BCUT2D eigenvalue weighted by Gasteiger charge is -2.41. The number of carbonyl (C=O) groups excluding carboxylic acids is 1. The Morgan fingerprint density at radius 2 is 2.10 bits per heavy atom. The van der Waals surface area contributed by atoms with Crippen LogP contribution in [0.15, 0.2) is 36.8 Å². The van der Waals surface area contributed by atoms with E-state index in [0.717, 1.165) is 18.5 Å². The summed E-state index contributed by atoms with van der Waals surface area (Å²) < 4.78 is 13.5. The van der Waals surface area contributed by atoms with Gasteiger partial charge in [0.2, 0.25) is 11.7 Å². The lowest BCUT2D eigenvalue weighted by atomic mass is 9.62. The highest BCUT2D eigenvalue weighted by molar-refractivity contribution is 6.05. The first-order valence-corrected chi connectivity index (χ1v) is 9.79. The average molecular weight is 393 g/mol. The molecule has 2 aliphatic heterocycles. The van der Waals surface area contributed by atoms with Gasteiger partial charge in [-0.2, -0.15) is 4.98 Å². The van der Waals surface area contributed by atoms with Crippen molar-refractivity contribution >= 4 is 17.5 Å². The third-order valence-electron chi connectivity index (χ3n) is 5.58. The lowest BCUT2D eigenvalue weighted by Crippen LogP contribution is -2.45. The minimum absolute atomic E-state index is 0.0249. The fraction of sp³-hybridized carbons (Fsp3) is 0.429. The van der Waals surface area contributed by atoms with Crippen molar-refractivity contribution in [3.8, 4) is 5.88 Å². The number of nitrogens with zero attached hydrogens (tertiary/aromatic N) is 4. The number of hydrogen-bond donors (Lipinski definition) is 1. The van der Waals surface area contributed by atoms with Gasteiger partial charge in [-0.15, -0.1) is 0 Å². The summed E-state index contributed by atoms with van der Waals surface area (Å²) in [5.41, 5.74) is 1.22. The first-order chi connectivity index (χ1) is 13.9. The Balaban J connectivity index is 1.52. The van der Waals surface area contributed by atoms with Gasteiger partial charge in [-0.1, -0.05) is 6.07 Å². The molecule has 1 amide bonds. The number of ether oxygens (including phenoxy) is 2. The molecule has 3 aromatic rings. The van der Waals surface area contributed by atoms with Gasteiger partial charge in [0, 0.05) is 24.0 Å². The number of anilines is 1. The number of hydrogen-bond acceptors (Lipinski definition) is 6. The predicted octanol–water partition coefficient (Wildman–Crippen LogP) is 2.98. The molecular formula is C21H23N5O3. The van der Waals surface area contributed by atoms with E-state index in [2.05, 4.69) is 22.2 Å². The molecule has 1 saturated carbocycles. The number of carbonyl (C=O) groups is 1. The maximum Gasteiger partial charge on any atom is 0.263 e. The zero-order valence-corrected chi connectivity index (χ0v) is 16.7. The van der Waals surface area contributed by atoms with Crippen molar-refractivity contribution in [2.24, 2.45) is 0 Å². The molecule has 8 heteroatoms. The molecule has 0 radical (unpaired) electrons. The highest BCUT2D eigenvalue weighted by Crippen LogP contribution is 2.58. The van der Waals surface area contributed by atoms with Crippen molar-refractivity contribution in [2.45, 2.75) is 50.7 Å². The number of aromatic nitrogens is 4. The molecule has 3 aliphatic rings. The molecule has 1 N–H and O–H groups in total. The lowest BCUT2D eigenvalue weighted by molar-refractivity contribution is 0.0154. The fourth-order valence-electron chi connectivity index (χ4n) is 4.40. The van der Waals surface area contributed by atoms with Gasteiger partial charge in [0.05, 0.1) is 24.0 Å². The van der Waals surface area contributed by atoms with Crippen molar-refractivity contribution in [1.29, 1.82) is 0 Å². The smallest absolute Gasteiger partial charge is 0.263 e. The summed E-state index contributed by atoms with van der Waals surface area (Å²) in [5, 5.41) is 2.79. The van der Waals surface area contributed by atoms with E-state index in [9.17, 15) is 4.79 Å². The van der Waals surface area contributed by atoms with Crippen LogP contribution < -0.4 is 10.1 Å². The molecule has 150 valence electrons. The van der Waals surface area contributed by atoms with Crippen LogP contribution in [0.1, 0.15) is 49.7 Å². The average Bonchev–Trinajstić information content (AvgIpc) is 3.31. The van der Waals surface area contributed by atoms with Crippen LogP contribution in [0.3, 0.4) is 0 Å². The Morgan fingerprint density at radius 3 is 2.76 bits per heavy atom. The molecule has 0 spiro atoms. The maximum atomic E-state index is 12.9. The quantitative estimate of drug-likeness (QED) is 0.717. The summed E-state index contributed by atoms with van der Waals surface area (Å²) in [5.74, 6) is 0.911. The third-order valence-corrected chi connectivity index (χ3v) is 5.58. The molecule has 29 heavy (non-hydrogen) atoms. The first kappa shape index (κ1) is 18.1. The highest BCUT2D eigenvalue weighted by atomic mass is 16.5. The maximum absolute atomic E-state index is 12.9. The van der Waals surface area contributed by atoms with E-state index in [1.165, 1.54) is 0 Å². The Hall–Kier alpha value is -3.00. The molecule has 8 nitrogen and oxygen atoms in total. The number of imidazole rings is 1. The number of nitrogens with one attached hydrogen (secondary N) is 1. The van der Waals surface area contributed by atoms with Crippen LogP contribution in [0, 0.1) is 0 Å². The van der Waals surface area contributed by atoms with Gasteiger partial charge in [0.1, 0.15) is 11.4 Å². The molecular weight excluding hydrogens is 370 g/mol. The van der Waals surface area contributed by atoms with Gasteiger partial charge in [-0.05, 0) is 45.7 Å². The largest absolute Gasteiger partial charge is 0.474 e. The summed E-state index contributed by atoms with van der Waals surface area (Å²) >= 11 is 0. The van der Waals surface area contributed by atoms with Gasteiger partial charge in [-0.25, -0.2) is 9.97 Å². The molecule has 0 unspecified atom stereocenters. The summed E-state index contributed by atoms with van der Waals surface area (Å²) in [6.07, 6.45) is 7.10. The topological polar surface area (TPSA) is 90.6 Å². The molecule has 6 rings (SSSR count). The van der Waals surface area contributed by atoms with E-state index < -0.39 is 0 Å². The van der Waals surface area contributed by atoms with E-state index in [1.54, 1.807) is 28.9 Å². The van der Waals surface area contributed by atoms with Gasteiger partial charge in [0.15, 0.2) is 0 Å². The standard InChI is InChI=1S/C21H23N5O3/c1-13(2)29-18-14(17(27)24-16-6-4-5-7-22-16)8-26-9-15(23-19(26)25-18)21-10-20(3,11-21)28-12-21/h4-9,13H,10-12H2,1-3H3,(H,22,24,27). The van der Waals surface area contributed by atoms with Crippen LogP contribution >= 0.6 is 0 Å². The van der Waals surface area contributed by atoms with Gasteiger partial charge >= 0.3 is 0 Å². The van der Waals surface area contributed by atoms with Crippen LogP contribution in [0.4, 0.5) is 5.82 Å². The van der Waals surface area contributed by atoms with Gasteiger partial charge in [-0.3, -0.25) is 9.20 Å². The normalized spacial score (nSPS) is 25.2. The second-order valence-corrected chi connectivity index (χ2v) is 8.50. The number of amides is 1. The van der Waals surface area contributed by atoms with Crippen LogP contribution in [0.25, 0.3) is 5.78 Å². The Morgan fingerprint density at radius 1 is 1.28 bits per heavy atom. The van der Waals surface area contributed by atoms with Crippen LogP contribution in [0.5, 0.6) is 5.88 Å². The van der Waals surface area contributed by atoms with Gasteiger partial charge < -0.3 is 14.8 Å². The number of rotatable bonds is 5. The Kier molecular flexibility index (Phi) is 3.89. The van der Waals surface area contributed by atoms with E-state index >= 15 is 0 Å². The Labute approximate surface area is 168 Å². The van der Waals surface area contributed by atoms with E-state index in [0.29, 0.717) is 23.8 Å². The summed E-state index contributed by atoms with van der Waals surface area (Å²) in [6, 6.07) is 5.34. The van der Waals surface area contributed by atoms with Crippen LogP contribution in [0.2, 0.25) is 0 Å². The van der Waals surface area contributed by atoms with Crippen LogP contribution in [-0.2, 0) is 10.2 Å². The zero-order valence-electron chi connectivity index (χ0n) is 16.7. The van der Waals surface area contributed by atoms with Crippen LogP contribution in [-0.4, -0.2) is 43.6 Å². The predicted molar refractivity (Wildman–Crippen MR) is 106 cm³/mol. The molecule has 0 aromatic carbocycles. The van der Waals surface area contributed by atoms with Crippen molar-refractivity contribution in [3.63, 3.8) is 0 Å². The second kappa shape index (κ2) is 6.25. The monoisotopic (exact) mass is 393 g/mol. The van der Waals surface area contributed by atoms with E-state index in [4.69, 9.17) is 14.5 Å². The van der Waals surface area contributed by atoms with Crippen molar-refractivity contribution < 1.29 is 14.3 Å². The third kappa shape index (κ3) is 3.04. The van der Waals surface area contributed by atoms with Gasteiger partial charge in [0.25, 0.3) is 5.91 Å². The van der Waals surface area contributed by atoms with E-state index in [-0.39, 0.29) is 28.9 Å². The molecule has 3 fully saturated rings. The minimum atomic E-state index is -0.331. The second-order valence-electron chi connectivity index (χ2n) is 8.50. The fourth-order valence-corrected chi connectivity index (χ4v) is 4.40. The number of pyridine rings is 1.